The normalized spacial score (nSPS) is 27.3. The molecule has 1 saturated carbocycles. The Kier molecular flexibility index (Phi) is 6.69. The number of nitrogens with zero attached hydrogens (tertiary/aromatic N) is 1. The van der Waals surface area contributed by atoms with E-state index in [1.54, 1.807) is 6.07 Å². The number of rotatable bonds is 4. The number of nitrogens with one attached hydrogen (secondary N) is 1. The quantitative estimate of drug-likeness (QED) is 0.762. The van der Waals surface area contributed by atoms with Crippen LogP contribution >= 0.6 is 23.2 Å². The molecule has 0 aromatic heterocycles. The number of hydrogen-bond acceptors (Lipinski definition) is 4. The molecule has 1 aromatic rings. The lowest BCUT2D eigenvalue weighted by atomic mass is 9.92. The zero-order valence-electron chi connectivity index (χ0n) is 14.9. The fraction of sp³-hybridized carbons (Fsp3) is 0.611. The van der Waals surface area contributed by atoms with Crippen molar-refractivity contribution in [1.29, 1.82) is 0 Å². The van der Waals surface area contributed by atoms with Gasteiger partial charge >= 0.3 is 0 Å². The van der Waals surface area contributed by atoms with Crippen LogP contribution in [-0.2, 0) is 14.8 Å². The van der Waals surface area contributed by atoms with E-state index >= 15 is 0 Å². The number of piperidine rings is 1. The third-order valence-corrected chi connectivity index (χ3v) is 8.14. The smallest absolute Gasteiger partial charge is 0.246 e. The molecule has 0 unspecified atom stereocenters. The first kappa shape index (κ1) is 20.9. The topological polar surface area (TPSA) is 86.7 Å². The van der Waals surface area contributed by atoms with Crippen LogP contribution in [-0.4, -0.2) is 49.0 Å². The highest BCUT2D eigenvalue weighted by Gasteiger charge is 2.36. The summed E-state index contributed by atoms with van der Waals surface area (Å²) in [6, 6.07) is 4.63. The zero-order valence-corrected chi connectivity index (χ0v) is 17.2. The minimum absolute atomic E-state index is 0.0471. The van der Waals surface area contributed by atoms with E-state index in [1.807, 2.05) is 0 Å². The Labute approximate surface area is 169 Å². The van der Waals surface area contributed by atoms with Crippen molar-refractivity contribution in [1.82, 2.24) is 9.62 Å². The van der Waals surface area contributed by atoms with Crippen LogP contribution in [0.5, 0.6) is 0 Å². The van der Waals surface area contributed by atoms with Crippen LogP contribution in [0.1, 0.15) is 38.5 Å². The van der Waals surface area contributed by atoms with Gasteiger partial charge in [0.2, 0.25) is 15.9 Å². The standard InChI is InChI=1S/C18H24Cl2N2O4S/c19-15-4-1-5-16(20)17(15)27(25,26)22-10-2-3-12(11-22)18(24)21-13-6-8-14(23)9-7-13/h1,4-5,12-14,23H,2-3,6-11H2,(H,21,24)/t12-,13-,14-/m0/s1. The van der Waals surface area contributed by atoms with Gasteiger partial charge in [-0.25, -0.2) is 8.42 Å². The monoisotopic (exact) mass is 434 g/mol. The van der Waals surface area contributed by atoms with Crippen molar-refractivity contribution < 1.29 is 18.3 Å². The number of carbonyl (C=O) groups excluding carboxylic acids is 1. The molecule has 1 aromatic carbocycles. The Morgan fingerprint density at radius 1 is 1.11 bits per heavy atom. The van der Waals surface area contributed by atoms with Crippen LogP contribution in [0.2, 0.25) is 10.0 Å². The fourth-order valence-corrected chi connectivity index (χ4v) is 6.39. The van der Waals surface area contributed by atoms with Gasteiger partial charge in [-0.2, -0.15) is 4.31 Å². The first-order valence-corrected chi connectivity index (χ1v) is 11.4. The molecule has 0 spiro atoms. The number of benzene rings is 1. The lowest BCUT2D eigenvalue weighted by Crippen LogP contribution is -2.48. The highest BCUT2D eigenvalue weighted by Crippen LogP contribution is 2.33. The van der Waals surface area contributed by atoms with Gasteiger partial charge < -0.3 is 10.4 Å². The largest absolute Gasteiger partial charge is 0.393 e. The van der Waals surface area contributed by atoms with Gasteiger partial charge in [0.05, 0.1) is 22.1 Å². The molecule has 1 heterocycles. The zero-order chi connectivity index (χ0) is 19.6. The fourth-order valence-electron chi connectivity index (χ4n) is 3.77. The average molecular weight is 435 g/mol. The maximum Gasteiger partial charge on any atom is 0.246 e. The predicted octanol–water partition coefficient (Wildman–Crippen LogP) is 2.81. The SMILES string of the molecule is O=C(N[C@H]1CC[C@H](O)CC1)[C@H]1CCCN(S(=O)(=O)c2c(Cl)cccc2Cl)C1. The molecule has 3 rings (SSSR count). The number of aliphatic hydroxyl groups excluding tert-OH is 1. The number of aliphatic hydroxyl groups is 1. The molecule has 1 atom stereocenters. The summed E-state index contributed by atoms with van der Waals surface area (Å²) in [5.41, 5.74) is 0. The molecule has 2 N–H and O–H groups in total. The van der Waals surface area contributed by atoms with Crippen LogP contribution in [0.3, 0.4) is 0 Å². The van der Waals surface area contributed by atoms with Crippen molar-refractivity contribution in [2.24, 2.45) is 5.92 Å². The summed E-state index contributed by atoms with van der Waals surface area (Å²) in [4.78, 5) is 12.5. The molecule has 2 fully saturated rings. The molecular formula is C18H24Cl2N2O4S. The third kappa shape index (κ3) is 4.77. The molecule has 9 heteroatoms. The highest BCUT2D eigenvalue weighted by atomic mass is 35.5. The van der Waals surface area contributed by atoms with Gasteiger partial charge in [-0.1, -0.05) is 29.3 Å². The number of hydrogen-bond donors (Lipinski definition) is 2. The molecule has 1 aliphatic heterocycles. The lowest BCUT2D eigenvalue weighted by molar-refractivity contribution is -0.127. The van der Waals surface area contributed by atoms with E-state index < -0.39 is 15.9 Å². The van der Waals surface area contributed by atoms with Crippen LogP contribution in [0.4, 0.5) is 0 Å². The van der Waals surface area contributed by atoms with Crippen molar-refractivity contribution >= 4 is 39.1 Å². The van der Waals surface area contributed by atoms with Gasteiger partial charge in [0, 0.05) is 19.1 Å². The van der Waals surface area contributed by atoms with Crippen LogP contribution in [0.25, 0.3) is 0 Å². The molecule has 0 radical (unpaired) electrons. The van der Waals surface area contributed by atoms with Gasteiger partial charge in [-0.15, -0.1) is 0 Å². The summed E-state index contributed by atoms with van der Waals surface area (Å²) >= 11 is 12.2. The van der Waals surface area contributed by atoms with E-state index in [0.717, 1.165) is 12.8 Å². The molecule has 27 heavy (non-hydrogen) atoms. The maximum atomic E-state index is 13.0. The molecular weight excluding hydrogens is 411 g/mol. The summed E-state index contributed by atoms with van der Waals surface area (Å²) in [5.74, 6) is -0.525. The Bertz CT molecular complexity index is 774. The van der Waals surface area contributed by atoms with Gasteiger partial charge in [-0.05, 0) is 50.7 Å². The number of carbonyl (C=O) groups is 1. The Morgan fingerprint density at radius 3 is 2.37 bits per heavy atom. The van der Waals surface area contributed by atoms with Gasteiger partial charge in [0.25, 0.3) is 0 Å². The van der Waals surface area contributed by atoms with Crippen molar-refractivity contribution in [3.63, 3.8) is 0 Å². The van der Waals surface area contributed by atoms with E-state index in [2.05, 4.69) is 5.32 Å². The van der Waals surface area contributed by atoms with Crippen molar-refractivity contribution in [3.05, 3.63) is 28.2 Å². The Balaban J connectivity index is 1.69. The van der Waals surface area contributed by atoms with E-state index in [4.69, 9.17) is 23.2 Å². The van der Waals surface area contributed by atoms with Crippen LogP contribution in [0, 0.1) is 5.92 Å². The first-order chi connectivity index (χ1) is 12.8. The number of halogens is 2. The Morgan fingerprint density at radius 2 is 1.74 bits per heavy atom. The first-order valence-electron chi connectivity index (χ1n) is 9.21. The highest BCUT2D eigenvalue weighted by molar-refractivity contribution is 7.89. The maximum absolute atomic E-state index is 13.0. The molecule has 1 saturated heterocycles. The molecule has 150 valence electrons. The molecule has 1 amide bonds. The second-order valence-electron chi connectivity index (χ2n) is 7.27. The second-order valence-corrected chi connectivity index (χ2v) is 9.96. The average Bonchev–Trinajstić information content (AvgIpc) is 2.63. The van der Waals surface area contributed by atoms with Crippen molar-refractivity contribution in [3.8, 4) is 0 Å². The van der Waals surface area contributed by atoms with Gasteiger partial charge in [0.15, 0.2) is 0 Å². The molecule has 0 bridgehead atoms. The van der Waals surface area contributed by atoms with E-state index in [0.29, 0.717) is 32.2 Å². The van der Waals surface area contributed by atoms with Gasteiger partial charge in [-0.3, -0.25) is 4.79 Å². The predicted molar refractivity (Wildman–Crippen MR) is 104 cm³/mol. The van der Waals surface area contributed by atoms with E-state index in [9.17, 15) is 18.3 Å². The van der Waals surface area contributed by atoms with Crippen molar-refractivity contribution in [2.45, 2.75) is 55.6 Å². The molecule has 1 aliphatic carbocycles. The summed E-state index contributed by atoms with van der Waals surface area (Å²) in [6.45, 7) is 0.453. The van der Waals surface area contributed by atoms with E-state index in [-0.39, 0.29) is 39.5 Å². The number of sulfonamides is 1. The number of amides is 1. The minimum Gasteiger partial charge on any atom is -0.393 e. The molecule has 6 nitrogen and oxygen atoms in total. The summed E-state index contributed by atoms with van der Waals surface area (Å²) in [5, 5.41) is 12.8. The summed E-state index contributed by atoms with van der Waals surface area (Å²) in [7, 11) is -3.87. The third-order valence-electron chi connectivity index (χ3n) is 5.31. The van der Waals surface area contributed by atoms with Crippen molar-refractivity contribution in [2.75, 3.05) is 13.1 Å². The molecule has 2 aliphatic rings. The minimum atomic E-state index is -3.87. The van der Waals surface area contributed by atoms with Crippen LogP contribution in [0.15, 0.2) is 23.1 Å². The summed E-state index contributed by atoms with van der Waals surface area (Å²) < 4.78 is 27.3. The second kappa shape index (κ2) is 8.66. The lowest BCUT2D eigenvalue weighted by Gasteiger charge is -2.33. The van der Waals surface area contributed by atoms with E-state index in [1.165, 1.54) is 16.4 Å². The Hall–Kier alpha value is -0.860. The van der Waals surface area contributed by atoms with Gasteiger partial charge in [0.1, 0.15) is 4.90 Å². The summed E-state index contributed by atoms with van der Waals surface area (Å²) in [6.07, 6.45) is 3.82. The van der Waals surface area contributed by atoms with Crippen LogP contribution < -0.4 is 5.32 Å².